The van der Waals surface area contributed by atoms with Crippen LogP contribution in [0.1, 0.15) is 31.4 Å². The standard InChI is InChI=1S/C15H22N4OS/c1-11-12-13(18(2)17-11)16-14(21-12)19-7-3-4-15(10-19)5-8-20-9-6-15/h3-10H2,1-2H3. The van der Waals surface area contributed by atoms with Crippen LogP contribution < -0.4 is 4.90 Å². The molecule has 0 aromatic carbocycles. The molecule has 2 aromatic rings. The smallest absolute Gasteiger partial charge is 0.188 e. The summed E-state index contributed by atoms with van der Waals surface area (Å²) in [5, 5.41) is 5.62. The molecule has 4 rings (SSSR count). The molecule has 2 aromatic heterocycles. The number of hydrogen-bond donors (Lipinski definition) is 0. The van der Waals surface area contributed by atoms with Gasteiger partial charge in [-0.1, -0.05) is 11.3 Å². The topological polar surface area (TPSA) is 43.2 Å². The third-order valence-corrected chi connectivity index (χ3v) is 6.23. The summed E-state index contributed by atoms with van der Waals surface area (Å²) in [6.45, 7) is 6.20. The Morgan fingerprint density at radius 1 is 1.24 bits per heavy atom. The van der Waals surface area contributed by atoms with E-state index in [-0.39, 0.29) is 0 Å². The molecule has 1 spiro atoms. The van der Waals surface area contributed by atoms with Crippen LogP contribution in [0.25, 0.3) is 10.3 Å². The van der Waals surface area contributed by atoms with E-state index in [1.807, 2.05) is 11.7 Å². The number of thiazole rings is 1. The third kappa shape index (κ3) is 2.25. The van der Waals surface area contributed by atoms with Crippen molar-refractivity contribution >= 4 is 26.8 Å². The van der Waals surface area contributed by atoms with Crippen molar-refractivity contribution in [2.24, 2.45) is 12.5 Å². The van der Waals surface area contributed by atoms with Crippen molar-refractivity contribution < 1.29 is 4.74 Å². The Morgan fingerprint density at radius 2 is 2.05 bits per heavy atom. The molecule has 0 amide bonds. The van der Waals surface area contributed by atoms with E-state index in [1.54, 1.807) is 11.3 Å². The first-order valence-electron chi connectivity index (χ1n) is 7.80. The number of hydrogen-bond acceptors (Lipinski definition) is 5. The van der Waals surface area contributed by atoms with Crippen molar-refractivity contribution in [2.75, 3.05) is 31.2 Å². The molecule has 0 unspecified atom stereocenters. The highest BCUT2D eigenvalue weighted by Crippen LogP contribution is 2.42. The molecule has 5 nitrogen and oxygen atoms in total. The monoisotopic (exact) mass is 306 g/mol. The Labute approximate surface area is 128 Å². The molecule has 4 heterocycles. The van der Waals surface area contributed by atoms with E-state index < -0.39 is 0 Å². The lowest BCUT2D eigenvalue weighted by molar-refractivity contribution is 0.00757. The van der Waals surface area contributed by atoms with Gasteiger partial charge in [-0.15, -0.1) is 0 Å². The molecule has 2 fully saturated rings. The minimum absolute atomic E-state index is 0.460. The highest BCUT2D eigenvalue weighted by molar-refractivity contribution is 7.22. The van der Waals surface area contributed by atoms with Crippen molar-refractivity contribution in [1.82, 2.24) is 14.8 Å². The zero-order valence-electron chi connectivity index (χ0n) is 12.8. The van der Waals surface area contributed by atoms with Crippen LogP contribution in [-0.4, -0.2) is 41.1 Å². The van der Waals surface area contributed by atoms with Crippen LogP contribution in [0.15, 0.2) is 0 Å². The van der Waals surface area contributed by atoms with Crippen LogP contribution in [0, 0.1) is 12.3 Å². The van der Waals surface area contributed by atoms with Gasteiger partial charge in [0.1, 0.15) is 0 Å². The number of anilines is 1. The van der Waals surface area contributed by atoms with E-state index in [1.165, 1.54) is 35.5 Å². The molecule has 0 saturated carbocycles. The Kier molecular flexibility index (Phi) is 3.19. The second-order valence-electron chi connectivity index (χ2n) is 6.50. The summed E-state index contributed by atoms with van der Waals surface area (Å²) in [7, 11) is 1.98. The van der Waals surface area contributed by atoms with E-state index in [4.69, 9.17) is 9.72 Å². The summed E-state index contributed by atoms with van der Waals surface area (Å²) in [6.07, 6.45) is 5.02. The molecular formula is C15H22N4OS. The van der Waals surface area contributed by atoms with Gasteiger partial charge in [-0.25, -0.2) is 9.67 Å². The number of aryl methyl sites for hydroxylation is 2. The maximum absolute atomic E-state index is 5.56. The van der Waals surface area contributed by atoms with Crippen molar-refractivity contribution in [3.05, 3.63) is 5.69 Å². The molecule has 21 heavy (non-hydrogen) atoms. The van der Waals surface area contributed by atoms with Crippen molar-refractivity contribution in [1.29, 1.82) is 0 Å². The molecule has 0 bridgehead atoms. The van der Waals surface area contributed by atoms with Crippen LogP contribution >= 0.6 is 11.3 Å². The summed E-state index contributed by atoms with van der Waals surface area (Å²) in [4.78, 5) is 7.35. The minimum Gasteiger partial charge on any atom is -0.381 e. The third-order valence-electron chi connectivity index (χ3n) is 5.02. The largest absolute Gasteiger partial charge is 0.381 e. The molecule has 2 aliphatic rings. The zero-order chi connectivity index (χ0) is 14.4. The Bertz CT molecular complexity index is 616. The number of piperidine rings is 1. The fraction of sp³-hybridized carbons (Fsp3) is 0.733. The lowest BCUT2D eigenvalue weighted by Gasteiger charge is -2.45. The average molecular weight is 306 g/mol. The molecule has 2 saturated heterocycles. The lowest BCUT2D eigenvalue weighted by atomic mass is 9.74. The highest BCUT2D eigenvalue weighted by atomic mass is 32.1. The number of rotatable bonds is 1. The predicted octanol–water partition coefficient (Wildman–Crippen LogP) is 2.74. The zero-order valence-corrected chi connectivity index (χ0v) is 13.6. The van der Waals surface area contributed by atoms with Gasteiger partial charge in [-0.05, 0) is 38.0 Å². The number of aromatic nitrogens is 3. The molecule has 0 N–H and O–H groups in total. The van der Waals surface area contributed by atoms with E-state index in [0.717, 1.165) is 37.6 Å². The van der Waals surface area contributed by atoms with Gasteiger partial charge >= 0.3 is 0 Å². The summed E-state index contributed by atoms with van der Waals surface area (Å²) in [5.41, 5.74) is 2.58. The summed E-state index contributed by atoms with van der Waals surface area (Å²) in [5.74, 6) is 0. The van der Waals surface area contributed by atoms with Gasteiger partial charge in [0, 0.05) is 33.4 Å². The minimum atomic E-state index is 0.460. The van der Waals surface area contributed by atoms with Crippen LogP contribution in [0.5, 0.6) is 0 Å². The normalized spacial score (nSPS) is 22.3. The first kappa shape index (κ1) is 13.5. The predicted molar refractivity (Wildman–Crippen MR) is 85.1 cm³/mol. The molecule has 114 valence electrons. The van der Waals surface area contributed by atoms with Gasteiger partial charge in [0.15, 0.2) is 10.8 Å². The first-order valence-corrected chi connectivity index (χ1v) is 8.61. The van der Waals surface area contributed by atoms with Crippen LogP contribution in [0.4, 0.5) is 5.13 Å². The molecule has 0 radical (unpaired) electrons. The summed E-state index contributed by atoms with van der Waals surface area (Å²) < 4.78 is 8.70. The van der Waals surface area contributed by atoms with E-state index in [2.05, 4.69) is 16.9 Å². The van der Waals surface area contributed by atoms with Crippen molar-refractivity contribution in [2.45, 2.75) is 32.6 Å². The van der Waals surface area contributed by atoms with Gasteiger partial charge in [0.25, 0.3) is 0 Å². The van der Waals surface area contributed by atoms with Gasteiger partial charge in [-0.3, -0.25) is 0 Å². The second-order valence-corrected chi connectivity index (χ2v) is 7.47. The lowest BCUT2D eigenvalue weighted by Crippen LogP contribution is -2.46. The maximum Gasteiger partial charge on any atom is 0.188 e. The fourth-order valence-electron chi connectivity index (χ4n) is 3.79. The van der Waals surface area contributed by atoms with E-state index in [9.17, 15) is 0 Å². The Hall–Kier alpha value is -1.14. The Morgan fingerprint density at radius 3 is 2.81 bits per heavy atom. The van der Waals surface area contributed by atoms with Crippen LogP contribution in [0.3, 0.4) is 0 Å². The molecule has 0 atom stereocenters. The Balaban J connectivity index is 1.63. The molecular weight excluding hydrogens is 284 g/mol. The van der Waals surface area contributed by atoms with Gasteiger partial charge in [0.05, 0.1) is 10.4 Å². The van der Waals surface area contributed by atoms with Gasteiger partial charge in [0.2, 0.25) is 0 Å². The SMILES string of the molecule is Cc1nn(C)c2nc(N3CCCC4(CCOCC4)C3)sc12. The first-order chi connectivity index (χ1) is 10.2. The van der Waals surface area contributed by atoms with Crippen molar-refractivity contribution in [3.8, 4) is 0 Å². The average Bonchev–Trinajstić information content (AvgIpc) is 3.03. The van der Waals surface area contributed by atoms with Gasteiger partial charge in [-0.2, -0.15) is 5.10 Å². The number of ether oxygens (including phenoxy) is 1. The fourth-order valence-corrected chi connectivity index (χ4v) is 4.85. The highest BCUT2D eigenvalue weighted by Gasteiger charge is 2.37. The van der Waals surface area contributed by atoms with Crippen molar-refractivity contribution in [3.63, 3.8) is 0 Å². The number of fused-ring (bicyclic) bond motifs is 1. The van der Waals surface area contributed by atoms with E-state index in [0.29, 0.717) is 5.41 Å². The van der Waals surface area contributed by atoms with E-state index >= 15 is 0 Å². The summed E-state index contributed by atoms with van der Waals surface area (Å²) in [6, 6.07) is 0. The quantitative estimate of drug-likeness (QED) is 0.812. The second kappa shape index (κ2) is 4.95. The maximum atomic E-state index is 5.56. The molecule has 6 heteroatoms. The number of nitrogens with zero attached hydrogens (tertiary/aromatic N) is 4. The van der Waals surface area contributed by atoms with Crippen LogP contribution in [0.2, 0.25) is 0 Å². The summed E-state index contributed by atoms with van der Waals surface area (Å²) >= 11 is 1.80. The van der Waals surface area contributed by atoms with Gasteiger partial charge < -0.3 is 9.64 Å². The molecule has 2 aliphatic heterocycles. The molecule has 0 aliphatic carbocycles. The van der Waals surface area contributed by atoms with Crippen LogP contribution in [-0.2, 0) is 11.8 Å².